The van der Waals surface area contributed by atoms with E-state index < -0.39 is 35.8 Å². The molecular formula is C27H32F4N2O. The Labute approximate surface area is 198 Å². The number of fused-ring (bicyclic) bond motifs is 1. The van der Waals surface area contributed by atoms with E-state index in [1.54, 1.807) is 37.3 Å². The average Bonchev–Trinajstić information content (AvgIpc) is 2.79. The van der Waals surface area contributed by atoms with Crippen molar-refractivity contribution in [1.82, 2.24) is 4.98 Å². The van der Waals surface area contributed by atoms with Gasteiger partial charge in [0.05, 0.1) is 12.6 Å². The standard InChI is InChI=1S/C27H32F4N2O/c1-4-5-8-14-25(2,22-16-20(28)11-12-24(22)34-3)18-26(32,27(29,30)31)17-19-13-15-33-23-10-7-6-9-21(19)23/h6-7,9-13,15-16H,4-5,8,14,17-18,32H2,1-3H3. The molecule has 0 spiro atoms. The zero-order valence-corrected chi connectivity index (χ0v) is 19.9. The van der Waals surface area contributed by atoms with E-state index >= 15 is 0 Å². The van der Waals surface area contributed by atoms with Crippen molar-refractivity contribution in [2.75, 3.05) is 7.11 Å². The van der Waals surface area contributed by atoms with E-state index in [1.807, 2.05) is 6.92 Å². The summed E-state index contributed by atoms with van der Waals surface area (Å²) < 4.78 is 63.6. The molecule has 1 heterocycles. The van der Waals surface area contributed by atoms with E-state index in [4.69, 9.17) is 10.5 Å². The Morgan fingerprint density at radius 1 is 1.03 bits per heavy atom. The third-order valence-corrected chi connectivity index (χ3v) is 6.66. The number of hydrogen-bond donors (Lipinski definition) is 1. The van der Waals surface area contributed by atoms with Gasteiger partial charge in [-0.15, -0.1) is 0 Å². The number of methoxy groups -OCH3 is 1. The molecule has 0 aliphatic heterocycles. The molecule has 0 radical (unpaired) electrons. The number of alkyl halides is 3. The van der Waals surface area contributed by atoms with Crippen molar-refractivity contribution < 1.29 is 22.3 Å². The third kappa shape index (κ3) is 5.52. The first-order chi connectivity index (χ1) is 16.0. The summed E-state index contributed by atoms with van der Waals surface area (Å²) in [4.78, 5) is 4.26. The van der Waals surface area contributed by atoms with Crippen molar-refractivity contribution >= 4 is 10.9 Å². The number of pyridine rings is 1. The lowest BCUT2D eigenvalue weighted by atomic mass is 9.67. The summed E-state index contributed by atoms with van der Waals surface area (Å²) in [6, 6.07) is 12.7. The molecule has 1 aromatic heterocycles. The molecule has 0 amide bonds. The maximum atomic E-state index is 14.6. The number of hydrogen-bond acceptors (Lipinski definition) is 3. The Balaban J connectivity index is 2.10. The smallest absolute Gasteiger partial charge is 0.406 e. The molecule has 0 saturated heterocycles. The molecule has 2 atom stereocenters. The minimum atomic E-state index is -4.69. The van der Waals surface area contributed by atoms with Crippen molar-refractivity contribution in [3.05, 3.63) is 71.7 Å². The lowest BCUT2D eigenvalue weighted by Gasteiger charge is -2.42. The highest BCUT2D eigenvalue weighted by molar-refractivity contribution is 5.82. The molecule has 7 heteroatoms. The van der Waals surface area contributed by atoms with E-state index in [2.05, 4.69) is 4.98 Å². The molecule has 0 aliphatic rings. The lowest BCUT2D eigenvalue weighted by Crippen LogP contribution is -2.58. The maximum absolute atomic E-state index is 14.6. The molecule has 3 nitrogen and oxygen atoms in total. The molecule has 2 unspecified atom stereocenters. The van der Waals surface area contributed by atoms with Gasteiger partial charge in [-0.05, 0) is 60.6 Å². The van der Waals surface area contributed by atoms with Crippen LogP contribution in [0.1, 0.15) is 57.1 Å². The number of nitrogens with zero attached hydrogens (tertiary/aromatic N) is 1. The SMILES string of the molecule is CCCCCC(C)(CC(N)(Cc1ccnc2ccccc12)C(F)(F)F)c1cc(F)ccc1OC. The summed E-state index contributed by atoms with van der Waals surface area (Å²) >= 11 is 0. The maximum Gasteiger partial charge on any atom is 0.406 e. The summed E-state index contributed by atoms with van der Waals surface area (Å²) in [7, 11) is 1.44. The lowest BCUT2D eigenvalue weighted by molar-refractivity contribution is -0.192. The van der Waals surface area contributed by atoms with Gasteiger partial charge in [0, 0.05) is 17.1 Å². The summed E-state index contributed by atoms with van der Waals surface area (Å²) in [5, 5.41) is 0.639. The van der Waals surface area contributed by atoms with Crippen molar-refractivity contribution in [3.8, 4) is 5.75 Å². The van der Waals surface area contributed by atoms with Crippen LogP contribution in [-0.2, 0) is 11.8 Å². The van der Waals surface area contributed by atoms with Crippen LogP contribution in [0.3, 0.4) is 0 Å². The first-order valence-electron chi connectivity index (χ1n) is 11.6. The highest BCUT2D eigenvalue weighted by atomic mass is 19.4. The molecule has 184 valence electrons. The fraction of sp³-hybridized carbons (Fsp3) is 0.444. The predicted molar refractivity (Wildman–Crippen MR) is 127 cm³/mol. The van der Waals surface area contributed by atoms with Crippen LogP contribution in [0.2, 0.25) is 0 Å². The summed E-state index contributed by atoms with van der Waals surface area (Å²) in [5.41, 5.74) is 4.17. The second-order valence-corrected chi connectivity index (χ2v) is 9.36. The molecule has 0 aliphatic carbocycles. The van der Waals surface area contributed by atoms with Crippen LogP contribution < -0.4 is 10.5 Å². The zero-order chi connectivity index (χ0) is 25.0. The molecule has 0 saturated carbocycles. The third-order valence-electron chi connectivity index (χ3n) is 6.66. The van der Waals surface area contributed by atoms with Gasteiger partial charge in [0.15, 0.2) is 0 Å². The van der Waals surface area contributed by atoms with Crippen molar-refractivity contribution in [1.29, 1.82) is 0 Å². The fourth-order valence-electron chi connectivity index (χ4n) is 4.84. The van der Waals surface area contributed by atoms with Gasteiger partial charge < -0.3 is 10.5 Å². The fourth-order valence-corrected chi connectivity index (χ4v) is 4.84. The second kappa shape index (κ2) is 10.3. The Hall–Kier alpha value is -2.67. The number of halogens is 4. The molecular weight excluding hydrogens is 444 g/mol. The van der Waals surface area contributed by atoms with Crippen LogP contribution >= 0.6 is 0 Å². The molecule has 34 heavy (non-hydrogen) atoms. The monoisotopic (exact) mass is 476 g/mol. The van der Waals surface area contributed by atoms with E-state index in [0.29, 0.717) is 40.6 Å². The van der Waals surface area contributed by atoms with Crippen molar-refractivity contribution in [3.63, 3.8) is 0 Å². The number of para-hydroxylation sites is 1. The quantitative estimate of drug-likeness (QED) is 0.250. The minimum Gasteiger partial charge on any atom is -0.496 e. The van der Waals surface area contributed by atoms with Crippen molar-refractivity contribution in [2.24, 2.45) is 5.73 Å². The number of rotatable bonds is 10. The average molecular weight is 477 g/mol. The van der Waals surface area contributed by atoms with Gasteiger partial charge >= 0.3 is 6.18 Å². The number of ether oxygens (including phenoxy) is 1. The van der Waals surface area contributed by atoms with Crippen LogP contribution in [0.15, 0.2) is 54.7 Å². The number of aromatic nitrogens is 1. The van der Waals surface area contributed by atoms with Gasteiger partial charge in [-0.25, -0.2) is 4.39 Å². The largest absolute Gasteiger partial charge is 0.496 e. The Morgan fingerprint density at radius 2 is 1.76 bits per heavy atom. The van der Waals surface area contributed by atoms with E-state index in [-0.39, 0.29) is 0 Å². The van der Waals surface area contributed by atoms with Gasteiger partial charge in [-0.2, -0.15) is 13.2 Å². The van der Waals surface area contributed by atoms with Crippen LogP contribution in [-0.4, -0.2) is 23.8 Å². The van der Waals surface area contributed by atoms with Gasteiger partial charge in [0.25, 0.3) is 0 Å². The first kappa shape index (κ1) is 25.9. The number of nitrogens with two attached hydrogens (primary N) is 1. The zero-order valence-electron chi connectivity index (χ0n) is 19.9. The number of unbranched alkanes of at least 4 members (excludes halogenated alkanes) is 2. The topological polar surface area (TPSA) is 48.1 Å². The van der Waals surface area contributed by atoms with Gasteiger partial charge in [-0.1, -0.05) is 51.3 Å². The Kier molecular flexibility index (Phi) is 7.86. The van der Waals surface area contributed by atoms with Gasteiger partial charge in [0.1, 0.15) is 17.1 Å². The summed E-state index contributed by atoms with van der Waals surface area (Å²) in [6.07, 6.45) is -1.14. The predicted octanol–water partition coefficient (Wildman–Crippen LogP) is 7.11. The first-order valence-corrected chi connectivity index (χ1v) is 11.6. The normalized spacial score (nSPS) is 15.6. The molecule has 0 fully saturated rings. The molecule has 2 aromatic carbocycles. The molecule has 3 rings (SSSR count). The summed E-state index contributed by atoms with van der Waals surface area (Å²) in [6.45, 7) is 3.76. The van der Waals surface area contributed by atoms with Crippen LogP contribution in [0.5, 0.6) is 5.75 Å². The van der Waals surface area contributed by atoms with Crippen molar-refractivity contribution in [2.45, 2.75) is 69.5 Å². The van der Waals surface area contributed by atoms with Crippen LogP contribution in [0.25, 0.3) is 10.9 Å². The Morgan fingerprint density at radius 3 is 2.44 bits per heavy atom. The Bertz CT molecular complexity index is 1110. The highest BCUT2D eigenvalue weighted by Gasteiger charge is 2.55. The number of benzene rings is 2. The molecule has 0 bridgehead atoms. The minimum absolute atomic E-state index is 0.360. The van der Waals surface area contributed by atoms with E-state index in [0.717, 1.165) is 12.8 Å². The van der Waals surface area contributed by atoms with E-state index in [1.165, 1.54) is 31.5 Å². The molecule has 2 N–H and O–H groups in total. The summed E-state index contributed by atoms with van der Waals surface area (Å²) in [5.74, 6) is -0.161. The van der Waals surface area contributed by atoms with Crippen LogP contribution in [0.4, 0.5) is 17.6 Å². The van der Waals surface area contributed by atoms with Gasteiger partial charge in [0.2, 0.25) is 0 Å². The van der Waals surface area contributed by atoms with Crippen LogP contribution in [0, 0.1) is 5.82 Å². The molecule has 3 aromatic rings. The van der Waals surface area contributed by atoms with Gasteiger partial charge in [-0.3, -0.25) is 4.98 Å². The highest BCUT2D eigenvalue weighted by Crippen LogP contribution is 2.47. The van der Waals surface area contributed by atoms with E-state index in [9.17, 15) is 17.6 Å². The second-order valence-electron chi connectivity index (χ2n) is 9.36.